The molecule has 1 atom stereocenters. The summed E-state index contributed by atoms with van der Waals surface area (Å²) in [6, 6.07) is 7.56. The molecule has 0 bridgehead atoms. The maximum absolute atomic E-state index is 11.7. The van der Waals surface area contributed by atoms with Crippen molar-refractivity contribution in [2.75, 3.05) is 5.32 Å². The second-order valence-corrected chi connectivity index (χ2v) is 4.91. The van der Waals surface area contributed by atoms with Gasteiger partial charge in [-0.3, -0.25) is 5.32 Å². The van der Waals surface area contributed by atoms with E-state index in [4.69, 9.17) is 5.11 Å². The number of hydrogen-bond donors (Lipinski definition) is 3. The summed E-state index contributed by atoms with van der Waals surface area (Å²) >= 11 is 1.26. The van der Waals surface area contributed by atoms with Crippen molar-refractivity contribution >= 4 is 28.5 Å². The molecule has 2 amide bonds. The van der Waals surface area contributed by atoms with Gasteiger partial charge in [0, 0.05) is 18.0 Å². The Hall–Kier alpha value is -2.41. The van der Waals surface area contributed by atoms with Gasteiger partial charge in [-0.25, -0.2) is 14.6 Å². The summed E-state index contributed by atoms with van der Waals surface area (Å²) in [6.45, 7) is 0. The van der Waals surface area contributed by atoms with Crippen LogP contribution in [0.2, 0.25) is 0 Å². The van der Waals surface area contributed by atoms with Crippen LogP contribution in [0.5, 0.6) is 0 Å². The molecule has 0 aliphatic heterocycles. The van der Waals surface area contributed by atoms with Crippen molar-refractivity contribution in [3.63, 3.8) is 0 Å². The number of nitrogens with one attached hydrogen (secondary N) is 2. The molecule has 104 valence electrons. The molecule has 3 N–H and O–H groups in total. The zero-order valence-corrected chi connectivity index (χ0v) is 11.3. The third kappa shape index (κ3) is 4.06. The van der Waals surface area contributed by atoms with Crippen molar-refractivity contribution in [2.24, 2.45) is 0 Å². The van der Waals surface area contributed by atoms with Crippen molar-refractivity contribution in [1.29, 1.82) is 0 Å². The molecular weight excluding hydrogens is 278 g/mol. The summed E-state index contributed by atoms with van der Waals surface area (Å²) in [6.07, 6.45) is 1.78. The highest BCUT2D eigenvalue weighted by molar-refractivity contribution is 7.13. The molecular formula is C13H13N3O3S. The highest BCUT2D eigenvalue weighted by atomic mass is 32.1. The second-order valence-electron chi connectivity index (χ2n) is 4.02. The molecule has 2 rings (SSSR count). The fourth-order valence-electron chi connectivity index (χ4n) is 1.63. The molecule has 0 aliphatic carbocycles. The molecule has 0 saturated carbocycles. The largest absolute Gasteiger partial charge is 0.480 e. The Morgan fingerprint density at radius 2 is 2.05 bits per heavy atom. The average Bonchev–Trinajstić information content (AvgIpc) is 2.92. The predicted octanol–water partition coefficient (Wildman–Crippen LogP) is 1.96. The molecule has 7 heteroatoms. The Morgan fingerprint density at radius 3 is 2.65 bits per heavy atom. The number of aromatic nitrogens is 1. The fourth-order valence-corrected chi connectivity index (χ4v) is 2.15. The van der Waals surface area contributed by atoms with Crippen molar-refractivity contribution in [1.82, 2.24) is 10.3 Å². The molecule has 0 radical (unpaired) electrons. The first-order valence-electron chi connectivity index (χ1n) is 5.89. The minimum absolute atomic E-state index is 0.224. The highest BCUT2D eigenvalue weighted by Gasteiger charge is 2.20. The number of carboxylic acids is 1. The van der Waals surface area contributed by atoms with Crippen LogP contribution < -0.4 is 10.6 Å². The molecule has 0 aliphatic rings. The molecule has 0 unspecified atom stereocenters. The van der Waals surface area contributed by atoms with Gasteiger partial charge in [0.1, 0.15) is 6.04 Å². The van der Waals surface area contributed by atoms with Crippen LogP contribution in [0.4, 0.5) is 9.93 Å². The minimum atomic E-state index is -1.08. The van der Waals surface area contributed by atoms with Crippen LogP contribution in [-0.2, 0) is 11.2 Å². The first-order chi connectivity index (χ1) is 9.65. The van der Waals surface area contributed by atoms with Gasteiger partial charge >= 0.3 is 12.0 Å². The number of anilines is 1. The van der Waals surface area contributed by atoms with E-state index in [-0.39, 0.29) is 6.42 Å². The number of aliphatic carboxylic acids is 1. The van der Waals surface area contributed by atoms with Crippen LogP contribution in [0, 0.1) is 0 Å². The normalized spacial score (nSPS) is 11.6. The van der Waals surface area contributed by atoms with E-state index >= 15 is 0 Å². The van der Waals surface area contributed by atoms with Crippen LogP contribution in [0.1, 0.15) is 5.56 Å². The van der Waals surface area contributed by atoms with E-state index in [1.54, 1.807) is 11.6 Å². The summed E-state index contributed by atoms with van der Waals surface area (Å²) in [5.41, 5.74) is 0.842. The zero-order chi connectivity index (χ0) is 14.4. The fraction of sp³-hybridized carbons (Fsp3) is 0.154. The van der Waals surface area contributed by atoms with E-state index in [1.165, 1.54) is 11.3 Å². The predicted molar refractivity (Wildman–Crippen MR) is 75.8 cm³/mol. The number of carbonyl (C=O) groups is 2. The van der Waals surface area contributed by atoms with Crippen LogP contribution in [-0.4, -0.2) is 28.1 Å². The number of hydrogen-bond acceptors (Lipinski definition) is 4. The Balaban J connectivity index is 1.95. The van der Waals surface area contributed by atoms with Gasteiger partial charge < -0.3 is 10.4 Å². The van der Waals surface area contributed by atoms with Crippen molar-refractivity contribution in [2.45, 2.75) is 12.5 Å². The SMILES string of the molecule is O=C(Nc1nccs1)N[C@H](Cc1ccccc1)C(=O)O. The summed E-state index contributed by atoms with van der Waals surface area (Å²) in [7, 11) is 0. The van der Waals surface area contributed by atoms with Gasteiger partial charge in [0.2, 0.25) is 0 Å². The van der Waals surface area contributed by atoms with Gasteiger partial charge in [-0.2, -0.15) is 0 Å². The van der Waals surface area contributed by atoms with E-state index in [0.717, 1.165) is 5.56 Å². The van der Waals surface area contributed by atoms with Crippen molar-refractivity contribution < 1.29 is 14.7 Å². The van der Waals surface area contributed by atoms with Crippen LogP contribution in [0.15, 0.2) is 41.9 Å². The third-order valence-corrected chi connectivity index (χ3v) is 3.23. The van der Waals surface area contributed by atoms with Gasteiger partial charge in [-0.1, -0.05) is 30.3 Å². The average molecular weight is 291 g/mol. The Bertz CT molecular complexity index is 572. The smallest absolute Gasteiger partial charge is 0.326 e. The Labute approximate surface area is 119 Å². The first-order valence-corrected chi connectivity index (χ1v) is 6.77. The van der Waals surface area contributed by atoms with Gasteiger partial charge in [-0.15, -0.1) is 11.3 Å². The lowest BCUT2D eigenvalue weighted by Gasteiger charge is -2.14. The molecule has 1 heterocycles. The minimum Gasteiger partial charge on any atom is -0.480 e. The number of benzene rings is 1. The third-order valence-electron chi connectivity index (χ3n) is 2.54. The molecule has 1 aromatic carbocycles. The number of thiazole rings is 1. The Kier molecular flexibility index (Phi) is 4.67. The topological polar surface area (TPSA) is 91.3 Å². The molecule has 0 fully saturated rings. The quantitative estimate of drug-likeness (QED) is 0.785. The number of urea groups is 1. The molecule has 1 aromatic heterocycles. The van der Waals surface area contributed by atoms with Crippen LogP contribution in [0.25, 0.3) is 0 Å². The van der Waals surface area contributed by atoms with Gasteiger partial charge in [0.25, 0.3) is 0 Å². The standard InChI is InChI=1S/C13H13N3O3S/c17-11(18)10(8-9-4-2-1-3-5-9)15-12(19)16-13-14-6-7-20-13/h1-7,10H,8H2,(H,17,18)(H2,14,15,16,19)/t10-/m1/s1. The Morgan fingerprint density at radius 1 is 1.30 bits per heavy atom. The summed E-state index contributed by atoms with van der Waals surface area (Å²) in [5.74, 6) is -1.08. The van der Waals surface area contributed by atoms with Gasteiger partial charge in [-0.05, 0) is 5.56 Å². The van der Waals surface area contributed by atoms with Gasteiger partial charge in [0.05, 0.1) is 0 Å². The lowest BCUT2D eigenvalue weighted by atomic mass is 10.1. The summed E-state index contributed by atoms with van der Waals surface area (Å²) in [5, 5.41) is 16.2. The highest BCUT2D eigenvalue weighted by Crippen LogP contribution is 2.10. The first kappa shape index (κ1) is 14.0. The molecule has 6 nitrogen and oxygen atoms in total. The van der Waals surface area contributed by atoms with Crippen LogP contribution in [0.3, 0.4) is 0 Å². The molecule has 20 heavy (non-hydrogen) atoms. The van der Waals surface area contributed by atoms with E-state index in [2.05, 4.69) is 15.6 Å². The monoisotopic (exact) mass is 291 g/mol. The molecule has 0 saturated heterocycles. The number of nitrogens with zero attached hydrogens (tertiary/aromatic N) is 1. The lowest BCUT2D eigenvalue weighted by molar-refractivity contribution is -0.139. The number of rotatable bonds is 5. The zero-order valence-electron chi connectivity index (χ0n) is 10.4. The second kappa shape index (κ2) is 6.67. The lowest BCUT2D eigenvalue weighted by Crippen LogP contribution is -2.44. The number of carbonyl (C=O) groups excluding carboxylic acids is 1. The molecule has 2 aromatic rings. The van der Waals surface area contributed by atoms with E-state index < -0.39 is 18.0 Å². The van der Waals surface area contributed by atoms with Crippen molar-refractivity contribution in [3.8, 4) is 0 Å². The number of amides is 2. The maximum atomic E-state index is 11.7. The summed E-state index contributed by atoms with van der Waals surface area (Å²) < 4.78 is 0. The van der Waals surface area contributed by atoms with Crippen molar-refractivity contribution in [3.05, 3.63) is 47.5 Å². The summed E-state index contributed by atoms with van der Waals surface area (Å²) in [4.78, 5) is 26.8. The van der Waals surface area contributed by atoms with E-state index in [9.17, 15) is 9.59 Å². The van der Waals surface area contributed by atoms with Crippen LogP contribution >= 0.6 is 11.3 Å². The van der Waals surface area contributed by atoms with E-state index in [1.807, 2.05) is 30.3 Å². The number of carboxylic acid groups (broad SMARTS) is 1. The van der Waals surface area contributed by atoms with Gasteiger partial charge in [0.15, 0.2) is 5.13 Å². The van der Waals surface area contributed by atoms with E-state index in [0.29, 0.717) is 5.13 Å². The molecule has 0 spiro atoms. The maximum Gasteiger partial charge on any atom is 0.326 e.